The second-order valence-corrected chi connectivity index (χ2v) is 6.38. The van der Waals surface area contributed by atoms with Crippen LogP contribution in [0.1, 0.15) is 20.7 Å². The van der Waals surface area contributed by atoms with Crippen LogP contribution >= 0.6 is 0 Å². The lowest BCUT2D eigenvalue weighted by Gasteiger charge is -2.35. The molecule has 2 aromatic rings. The number of nitrogens with zero attached hydrogens (tertiary/aromatic N) is 2. The molecule has 3 rings (SSSR count). The van der Waals surface area contributed by atoms with Crippen molar-refractivity contribution < 1.29 is 23.8 Å². The second-order valence-electron chi connectivity index (χ2n) is 6.38. The molecule has 0 radical (unpaired) electrons. The van der Waals surface area contributed by atoms with E-state index in [1.54, 1.807) is 66.5 Å². The van der Waals surface area contributed by atoms with E-state index in [1.165, 1.54) is 7.11 Å². The third kappa shape index (κ3) is 4.03. The molecule has 2 amide bonds. The van der Waals surface area contributed by atoms with E-state index in [2.05, 4.69) is 0 Å². The van der Waals surface area contributed by atoms with Gasteiger partial charge in [-0.05, 0) is 42.5 Å². The smallest absolute Gasteiger partial charge is 0.254 e. The van der Waals surface area contributed by atoms with Gasteiger partial charge in [0.1, 0.15) is 5.75 Å². The Labute approximate surface area is 164 Å². The molecule has 1 aliphatic heterocycles. The third-order valence-corrected chi connectivity index (χ3v) is 4.82. The number of hydrogen-bond acceptors (Lipinski definition) is 5. The first-order valence-corrected chi connectivity index (χ1v) is 9.02. The van der Waals surface area contributed by atoms with Gasteiger partial charge in [-0.3, -0.25) is 9.59 Å². The maximum Gasteiger partial charge on any atom is 0.254 e. The molecule has 0 atom stereocenters. The zero-order chi connectivity index (χ0) is 20.1. The summed E-state index contributed by atoms with van der Waals surface area (Å²) in [7, 11) is 4.68. The molecular formula is C21H24N2O5. The number of carbonyl (C=O) groups is 2. The quantitative estimate of drug-likeness (QED) is 0.791. The number of benzene rings is 2. The van der Waals surface area contributed by atoms with Crippen molar-refractivity contribution in [1.82, 2.24) is 9.80 Å². The van der Waals surface area contributed by atoms with Gasteiger partial charge in [0.25, 0.3) is 11.8 Å². The lowest BCUT2D eigenvalue weighted by atomic mass is 10.1. The first kappa shape index (κ1) is 19.5. The van der Waals surface area contributed by atoms with Gasteiger partial charge in [-0.25, -0.2) is 0 Å². The molecule has 0 spiro atoms. The summed E-state index contributed by atoms with van der Waals surface area (Å²) in [4.78, 5) is 29.0. The van der Waals surface area contributed by atoms with Gasteiger partial charge in [-0.15, -0.1) is 0 Å². The minimum Gasteiger partial charge on any atom is -0.497 e. The fourth-order valence-electron chi connectivity index (χ4n) is 3.18. The van der Waals surface area contributed by atoms with Gasteiger partial charge in [-0.2, -0.15) is 0 Å². The van der Waals surface area contributed by atoms with Gasteiger partial charge in [0.15, 0.2) is 11.5 Å². The topological polar surface area (TPSA) is 68.3 Å². The van der Waals surface area contributed by atoms with Crippen LogP contribution in [-0.4, -0.2) is 69.1 Å². The van der Waals surface area contributed by atoms with Crippen LogP contribution in [0, 0.1) is 0 Å². The molecule has 2 aromatic carbocycles. The summed E-state index contributed by atoms with van der Waals surface area (Å²) in [5, 5.41) is 0. The Bertz CT molecular complexity index is 842. The summed E-state index contributed by atoms with van der Waals surface area (Å²) in [5.41, 5.74) is 1.15. The molecule has 28 heavy (non-hydrogen) atoms. The van der Waals surface area contributed by atoms with E-state index in [9.17, 15) is 9.59 Å². The first-order chi connectivity index (χ1) is 13.6. The molecule has 0 unspecified atom stereocenters. The van der Waals surface area contributed by atoms with E-state index in [4.69, 9.17) is 14.2 Å². The third-order valence-electron chi connectivity index (χ3n) is 4.82. The largest absolute Gasteiger partial charge is 0.497 e. The van der Waals surface area contributed by atoms with Gasteiger partial charge in [0, 0.05) is 37.3 Å². The van der Waals surface area contributed by atoms with E-state index in [0.29, 0.717) is 54.6 Å². The number of piperazine rings is 1. The van der Waals surface area contributed by atoms with Crippen LogP contribution in [0.3, 0.4) is 0 Å². The van der Waals surface area contributed by atoms with Gasteiger partial charge in [-0.1, -0.05) is 0 Å². The molecule has 0 aromatic heterocycles. The summed E-state index contributed by atoms with van der Waals surface area (Å²) in [6, 6.07) is 12.2. The highest BCUT2D eigenvalue weighted by Gasteiger charge is 2.26. The number of rotatable bonds is 5. The molecule has 0 saturated carbocycles. The number of carbonyl (C=O) groups excluding carboxylic acids is 2. The minimum atomic E-state index is -0.0856. The predicted molar refractivity (Wildman–Crippen MR) is 104 cm³/mol. The normalized spacial score (nSPS) is 13.8. The molecule has 0 bridgehead atoms. The van der Waals surface area contributed by atoms with Crippen molar-refractivity contribution in [2.45, 2.75) is 0 Å². The van der Waals surface area contributed by atoms with Crippen molar-refractivity contribution in [2.24, 2.45) is 0 Å². The minimum absolute atomic E-state index is 0.0409. The van der Waals surface area contributed by atoms with Gasteiger partial charge in [0.2, 0.25) is 0 Å². The lowest BCUT2D eigenvalue weighted by Crippen LogP contribution is -2.50. The van der Waals surface area contributed by atoms with Crippen LogP contribution in [0.4, 0.5) is 0 Å². The molecule has 7 nitrogen and oxygen atoms in total. The van der Waals surface area contributed by atoms with Crippen LogP contribution in [0.15, 0.2) is 42.5 Å². The zero-order valence-corrected chi connectivity index (χ0v) is 16.3. The Balaban J connectivity index is 1.63. The molecule has 7 heteroatoms. The van der Waals surface area contributed by atoms with Crippen LogP contribution < -0.4 is 14.2 Å². The Morgan fingerprint density at radius 2 is 1.18 bits per heavy atom. The average molecular weight is 384 g/mol. The zero-order valence-electron chi connectivity index (χ0n) is 16.3. The summed E-state index contributed by atoms with van der Waals surface area (Å²) in [6.07, 6.45) is 0. The van der Waals surface area contributed by atoms with Gasteiger partial charge < -0.3 is 24.0 Å². The predicted octanol–water partition coefficient (Wildman–Crippen LogP) is 2.31. The number of ether oxygens (including phenoxy) is 3. The van der Waals surface area contributed by atoms with Crippen LogP contribution in [0.2, 0.25) is 0 Å². The SMILES string of the molecule is COc1ccc(C(=O)N2CCN(C(=O)c3ccc(OC)c(OC)c3)CC2)cc1. The second kappa shape index (κ2) is 8.65. The Kier molecular flexibility index (Phi) is 6.03. The molecule has 1 fully saturated rings. The van der Waals surface area contributed by atoms with Crippen LogP contribution in [0.5, 0.6) is 17.2 Å². The first-order valence-electron chi connectivity index (χ1n) is 9.02. The standard InChI is InChI=1S/C21H24N2O5/c1-26-17-7-4-15(5-8-17)20(24)22-10-12-23(13-11-22)21(25)16-6-9-18(27-2)19(14-16)28-3/h4-9,14H,10-13H2,1-3H3. The van der Waals surface area contributed by atoms with Crippen molar-refractivity contribution in [3.63, 3.8) is 0 Å². The highest BCUT2D eigenvalue weighted by atomic mass is 16.5. The van der Waals surface area contributed by atoms with Crippen molar-refractivity contribution in [3.8, 4) is 17.2 Å². The monoisotopic (exact) mass is 384 g/mol. The van der Waals surface area contributed by atoms with Crippen LogP contribution in [-0.2, 0) is 0 Å². The van der Waals surface area contributed by atoms with E-state index < -0.39 is 0 Å². The average Bonchev–Trinajstić information content (AvgIpc) is 2.77. The maximum atomic E-state index is 12.8. The summed E-state index contributed by atoms with van der Waals surface area (Å²) in [5.74, 6) is 1.68. The molecule has 148 valence electrons. The fraction of sp³-hybridized carbons (Fsp3) is 0.333. The number of methoxy groups -OCH3 is 3. The molecule has 1 heterocycles. The summed E-state index contributed by atoms with van der Waals surface area (Å²) in [6.45, 7) is 1.94. The fourth-order valence-corrected chi connectivity index (χ4v) is 3.18. The highest BCUT2D eigenvalue weighted by molar-refractivity contribution is 5.96. The summed E-state index contributed by atoms with van der Waals surface area (Å²) < 4.78 is 15.6. The van der Waals surface area contributed by atoms with E-state index >= 15 is 0 Å². The van der Waals surface area contributed by atoms with Crippen molar-refractivity contribution in [1.29, 1.82) is 0 Å². The maximum absolute atomic E-state index is 12.8. The number of amides is 2. The Morgan fingerprint density at radius 3 is 1.68 bits per heavy atom. The van der Waals surface area contributed by atoms with Crippen LogP contribution in [0.25, 0.3) is 0 Å². The van der Waals surface area contributed by atoms with E-state index in [0.717, 1.165) is 0 Å². The number of hydrogen-bond donors (Lipinski definition) is 0. The summed E-state index contributed by atoms with van der Waals surface area (Å²) >= 11 is 0. The van der Waals surface area contributed by atoms with E-state index in [1.807, 2.05) is 0 Å². The van der Waals surface area contributed by atoms with Gasteiger partial charge in [0.05, 0.1) is 21.3 Å². The molecular weight excluding hydrogens is 360 g/mol. The molecule has 0 N–H and O–H groups in total. The van der Waals surface area contributed by atoms with Gasteiger partial charge >= 0.3 is 0 Å². The molecule has 1 aliphatic rings. The van der Waals surface area contributed by atoms with Crippen molar-refractivity contribution >= 4 is 11.8 Å². The van der Waals surface area contributed by atoms with E-state index in [-0.39, 0.29) is 11.8 Å². The highest BCUT2D eigenvalue weighted by Crippen LogP contribution is 2.28. The molecule has 0 aliphatic carbocycles. The Hall–Kier alpha value is -3.22. The lowest BCUT2D eigenvalue weighted by molar-refractivity contribution is 0.0535. The molecule has 1 saturated heterocycles. The van der Waals surface area contributed by atoms with Crippen molar-refractivity contribution in [3.05, 3.63) is 53.6 Å². The Morgan fingerprint density at radius 1 is 0.679 bits per heavy atom. The van der Waals surface area contributed by atoms with Crippen molar-refractivity contribution in [2.75, 3.05) is 47.5 Å².